The number of hydrogen-bond acceptors (Lipinski definition) is 6. The minimum absolute atomic E-state index is 0. The first-order valence-electron chi connectivity index (χ1n) is 27.5. The zero-order valence-corrected chi connectivity index (χ0v) is 47.3. The van der Waals surface area contributed by atoms with E-state index in [1.54, 1.807) is 12.1 Å². The van der Waals surface area contributed by atoms with Gasteiger partial charge in [-0.05, 0) is 153 Å². The average molecular weight is 1070 g/mol. The molecule has 0 aliphatic heterocycles. The summed E-state index contributed by atoms with van der Waals surface area (Å²) in [4.78, 5) is 4.62. The van der Waals surface area contributed by atoms with Crippen LogP contribution in [0.3, 0.4) is 0 Å². The Bertz CT molecular complexity index is 4170. The number of phenols is 1. The molecule has 81 heavy (non-hydrogen) atoms. The summed E-state index contributed by atoms with van der Waals surface area (Å²) in [5.41, 5.74) is 13.7. The molecule has 1 aliphatic carbocycles. The van der Waals surface area contributed by atoms with Gasteiger partial charge in [0.1, 0.15) is 22.8 Å². The minimum atomic E-state index is 0. The van der Waals surface area contributed by atoms with Crippen LogP contribution in [0.2, 0.25) is 0 Å². The molecule has 8 aromatic carbocycles. The summed E-state index contributed by atoms with van der Waals surface area (Å²) in [5.74, 6) is 3.47. The lowest BCUT2D eigenvalue weighted by Gasteiger charge is -2.29. The van der Waals surface area contributed by atoms with Gasteiger partial charge in [-0.25, -0.2) is 0 Å². The summed E-state index contributed by atoms with van der Waals surface area (Å²) in [7, 11) is 0. The summed E-state index contributed by atoms with van der Waals surface area (Å²) >= 11 is 0. The first kappa shape index (κ1) is 57.6. The molecule has 1 aliphatic rings. The molecule has 0 radical (unpaired) electrons. The van der Waals surface area contributed by atoms with Crippen LogP contribution in [-0.4, -0.2) is 5.11 Å². The van der Waals surface area contributed by atoms with Crippen molar-refractivity contribution >= 4 is 84.5 Å². The van der Waals surface area contributed by atoms with Crippen LogP contribution in [0.4, 0.5) is 17.1 Å². The Morgan fingerprint density at radius 2 is 1.36 bits per heavy atom. The van der Waals surface area contributed by atoms with Crippen molar-refractivity contribution in [1.29, 1.82) is 0 Å². The lowest BCUT2D eigenvalue weighted by molar-refractivity contribution is 0.469. The molecule has 11 rings (SSSR count). The SMILES string of the molecule is C.C=C.C=C/C=C\c1oc2c(c1C)C=CCC=C2N(/C(C)=C/C=C\Cc1ccccc1O)c1ccc2ccc(C)c3/c(=C\C=C(/C)N(c4cccc(C)c4Oc4ccccc4C)c4cccc5c4oc4ccccc45)ccc1c23.CC. The number of benzene rings is 8. The standard InChI is InChI=1S/C70H60N2O4.C2H6.C2H4.CH4/c1-8-9-34-64-50(7)54-27-14-16-30-60(69(54)75-64)71(48(5)24-11-12-25-51-26-13-17-33-62(51)73)58-44-42-53-39-37-46(3)66-52(41-43-57(58)67(53)66)40-38-49(6)72(61-32-21-29-56-55-28-15-19-36-65(55)76-70(56)61)59-31-20-23-47(4)68(59)74-63-35-18-10-22-45(63)2;2*1-2;/h8-15,17-24,26-44,73H,1,16,25H2,2-7H3;1-2H3;1-2H2;1H4/b12-11-,34-9-,48-24+,49-38+,52-40-;;;. The highest BCUT2D eigenvalue weighted by Crippen LogP contribution is 2.46. The van der Waals surface area contributed by atoms with Crippen molar-refractivity contribution in [2.24, 2.45) is 0 Å². The van der Waals surface area contributed by atoms with Crippen LogP contribution in [0, 0.1) is 27.7 Å². The number of furan rings is 2. The molecule has 408 valence electrons. The van der Waals surface area contributed by atoms with Gasteiger partial charge in [0.25, 0.3) is 0 Å². The Labute approximate surface area is 478 Å². The molecule has 1 N–H and O–H groups in total. The van der Waals surface area contributed by atoms with Crippen LogP contribution in [0.5, 0.6) is 17.2 Å². The molecular weight excluding hydrogens is 993 g/mol. The van der Waals surface area contributed by atoms with Crippen molar-refractivity contribution in [1.82, 2.24) is 0 Å². The van der Waals surface area contributed by atoms with E-state index in [0.29, 0.717) is 12.2 Å². The molecule has 0 bridgehead atoms. The van der Waals surface area contributed by atoms with Gasteiger partial charge in [-0.2, -0.15) is 0 Å². The maximum Gasteiger partial charge on any atom is 0.159 e. The Balaban J connectivity index is 0.00000168. The molecule has 2 aromatic heterocycles. The van der Waals surface area contributed by atoms with Crippen LogP contribution in [0.15, 0.2) is 234 Å². The monoisotopic (exact) mass is 1070 g/mol. The molecule has 0 atom stereocenters. The Morgan fingerprint density at radius 1 is 0.654 bits per heavy atom. The fraction of sp³-hybridized carbons (Fsp3) is 0.147. The van der Waals surface area contributed by atoms with Crippen LogP contribution in [0.1, 0.15) is 86.4 Å². The van der Waals surface area contributed by atoms with E-state index in [1.807, 2.05) is 74.5 Å². The van der Waals surface area contributed by atoms with E-state index < -0.39 is 0 Å². The number of rotatable bonds is 14. The fourth-order valence-corrected chi connectivity index (χ4v) is 10.7. The topological polar surface area (TPSA) is 62.2 Å². The largest absolute Gasteiger partial charge is 0.508 e. The lowest BCUT2D eigenvalue weighted by Crippen LogP contribution is -2.20. The molecule has 6 heteroatoms. The second-order valence-electron chi connectivity index (χ2n) is 19.6. The van der Waals surface area contributed by atoms with E-state index in [9.17, 15) is 5.11 Å². The van der Waals surface area contributed by atoms with Gasteiger partial charge in [0.15, 0.2) is 17.1 Å². The molecule has 0 amide bonds. The van der Waals surface area contributed by atoms with Crippen molar-refractivity contribution in [3.8, 4) is 17.2 Å². The molecular formula is C75H74N2O4. The third kappa shape index (κ3) is 11.5. The van der Waals surface area contributed by atoms with Crippen molar-refractivity contribution in [2.75, 3.05) is 9.80 Å². The highest BCUT2D eigenvalue weighted by atomic mass is 16.5. The number of phenolic OH excluding ortho intramolecular Hbond substituents is 1. The molecule has 10 aromatic rings. The second-order valence-corrected chi connectivity index (χ2v) is 19.6. The smallest absolute Gasteiger partial charge is 0.159 e. The highest BCUT2D eigenvalue weighted by molar-refractivity contribution is 6.17. The maximum absolute atomic E-state index is 10.5. The van der Waals surface area contributed by atoms with E-state index >= 15 is 0 Å². The summed E-state index contributed by atoms with van der Waals surface area (Å²) < 4.78 is 20.5. The molecule has 0 saturated heterocycles. The average Bonchev–Trinajstić information content (AvgIpc) is 4.18. The molecule has 0 saturated carbocycles. The first-order chi connectivity index (χ1) is 39.1. The normalized spacial score (nSPS) is 12.7. The third-order valence-corrected chi connectivity index (χ3v) is 14.6. The van der Waals surface area contributed by atoms with Crippen LogP contribution in [0.25, 0.3) is 67.4 Å². The first-order valence-corrected chi connectivity index (χ1v) is 27.5. The van der Waals surface area contributed by atoms with Gasteiger partial charge in [-0.1, -0.05) is 186 Å². The predicted molar refractivity (Wildman–Crippen MR) is 349 cm³/mol. The number of aryl methyl sites for hydroxylation is 3. The van der Waals surface area contributed by atoms with Gasteiger partial charge in [0.2, 0.25) is 0 Å². The number of anilines is 3. The van der Waals surface area contributed by atoms with Crippen LogP contribution < -0.4 is 19.8 Å². The number of nitrogens with zero attached hydrogens (tertiary/aromatic N) is 2. The lowest BCUT2D eigenvalue weighted by atomic mass is 9.93. The fourth-order valence-electron chi connectivity index (χ4n) is 10.7. The zero-order chi connectivity index (χ0) is 56.5. The number of fused-ring (bicyclic) bond motifs is 4. The van der Waals surface area contributed by atoms with Gasteiger partial charge >= 0.3 is 0 Å². The summed E-state index contributed by atoms with van der Waals surface area (Å²) in [6, 6.07) is 50.1. The Kier molecular flexibility index (Phi) is 18.5. The van der Waals surface area contributed by atoms with E-state index in [1.165, 1.54) is 16.3 Å². The summed E-state index contributed by atoms with van der Waals surface area (Å²) in [6.45, 7) is 26.7. The maximum atomic E-state index is 10.5. The number of ether oxygens (including phenoxy) is 1. The van der Waals surface area contributed by atoms with Crippen LogP contribution >= 0.6 is 0 Å². The number of allylic oxidation sites excluding steroid dienone is 10. The van der Waals surface area contributed by atoms with Gasteiger partial charge in [0, 0.05) is 38.7 Å². The number of para-hydroxylation sites is 5. The van der Waals surface area contributed by atoms with Crippen molar-refractivity contribution in [3.63, 3.8) is 0 Å². The Morgan fingerprint density at radius 3 is 2.16 bits per heavy atom. The second kappa shape index (κ2) is 26.0. The number of hydrogen-bond donors (Lipinski definition) is 1. The number of aromatic hydroxyl groups is 1. The zero-order valence-electron chi connectivity index (χ0n) is 47.3. The van der Waals surface area contributed by atoms with Gasteiger partial charge in [-0.3, -0.25) is 0 Å². The van der Waals surface area contributed by atoms with E-state index in [0.717, 1.165) is 129 Å². The van der Waals surface area contributed by atoms with E-state index in [-0.39, 0.29) is 7.43 Å². The quantitative estimate of drug-likeness (QED) is 0.0865. The highest BCUT2D eigenvalue weighted by Gasteiger charge is 2.28. The van der Waals surface area contributed by atoms with Crippen molar-refractivity contribution < 1.29 is 18.7 Å². The van der Waals surface area contributed by atoms with Gasteiger partial charge in [0.05, 0.1) is 22.8 Å². The van der Waals surface area contributed by atoms with Crippen molar-refractivity contribution in [3.05, 3.63) is 275 Å². The van der Waals surface area contributed by atoms with E-state index in [4.69, 9.17) is 13.6 Å². The summed E-state index contributed by atoms with van der Waals surface area (Å²) in [6.07, 6.45) is 24.4. The molecule has 6 nitrogen and oxygen atoms in total. The third-order valence-electron chi connectivity index (χ3n) is 14.6. The van der Waals surface area contributed by atoms with E-state index in [2.05, 4.69) is 211 Å². The molecule has 0 fully saturated rings. The Hall–Kier alpha value is -9.52. The minimum Gasteiger partial charge on any atom is -0.508 e. The van der Waals surface area contributed by atoms with Gasteiger partial charge < -0.3 is 28.5 Å². The molecule has 0 unspecified atom stereocenters. The molecule has 2 heterocycles. The summed E-state index contributed by atoms with van der Waals surface area (Å²) in [5, 5.41) is 18.4. The molecule has 0 spiro atoms. The van der Waals surface area contributed by atoms with Crippen molar-refractivity contribution in [2.45, 2.75) is 75.7 Å². The van der Waals surface area contributed by atoms with Gasteiger partial charge in [-0.15, -0.1) is 13.2 Å². The predicted octanol–water partition coefficient (Wildman–Crippen LogP) is 21.1. The van der Waals surface area contributed by atoms with Crippen LogP contribution in [-0.2, 0) is 6.42 Å².